The molecule has 146 valence electrons. The maximum atomic E-state index is 12.3. The third kappa shape index (κ3) is 7.27. The molecule has 1 aromatic rings. The average Bonchev–Trinajstić information content (AvgIpc) is 2.64. The van der Waals surface area contributed by atoms with Crippen molar-refractivity contribution < 1.29 is 24.0 Å². The standard InChI is InChI=1S/C18H23N3O6/c1-4-20(10-9-19-13(2)11-17(23)27-3)18(24)16(22)12-14-5-7-15(8-6-14)21(25)26/h5-8,11,19H,4,9-10,12H2,1-3H3/b13-11+. The monoisotopic (exact) mass is 377 g/mol. The molecule has 1 rings (SSSR count). The molecule has 9 nitrogen and oxygen atoms in total. The van der Waals surface area contributed by atoms with E-state index in [0.717, 1.165) is 0 Å². The summed E-state index contributed by atoms with van der Waals surface area (Å²) in [4.78, 5) is 47.1. The number of Topliss-reactive ketones (excluding diaryl/α,β-unsaturated/α-hetero) is 1. The quantitative estimate of drug-likeness (QED) is 0.214. The van der Waals surface area contributed by atoms with Gasteiger partial charge in [-0.2, -0.15) is 0 Å². The molecule has 0 aliphatic carbocycles. The number of non-ortho nitro benzene ring substituents is 1. The number of carbonyl (C=O) groups is 3. The minimum Gasteiger partial charge on any atom is -0.466 e. The molecule has 0 aliphatic heterocycles. The van der Waals surface area contributed by atoms with Gasteiger partial charge in [0.1, 0.15) is 0 Å². The molecule has 1 aromatic carbocycles. The number of carbonyl (C=O) groups excluding carboxylic acids is 3. The maximum Gasteiger partial charge on any atom is 0.332 e. The fraction of sp³-hybridized carbons (Fsp3) is 0.389. The number of hydrogen-bond acceptors (Lipinski definition) is 7. The largest absolute Gasteiger partial charge is 0.466 e. The lowest BCUT2D eigenvalue weighted by Crippen LogP contribution is -2.41. The van der Waals surface area contributed by atoms with Gasteiger partial charge in [-0.25, -0.2) is 4.79 Å². The first kappa shape index (κ1) is 21.8. The van der Waals surface area contributed by atoms with Crippen LogP contribution in [0.15, 0.2) is 36.0 Å². The van der Waals surface area contributed by atoms with Crippen molar-refractivity contribution in [2.24, 2.45) is 0 Å². The number of nitrogens with one attached hydrogen (secondary N) is 1. The smallest absolute Gasteiger partial charge is 0.332 e. The van der Waals surface area contributed by atoms with Gasteiger partial charge in [-0.1, -0.05) is 12.1 Å². The van der Waals surface area contributed by atoms with Crippen LogP contribution in [-0.4, -0.2) is 54.2 Å². The van der Waals surface area contributed by atoms with Gasteiger partial charge in [0.2, 0.25) is 5.78 Å². The second-order valence-corrected chi connectivity index (χ2v) is 5.69. The van der Waals surface area contributed by atoms with Crippen molar-refractivity contribution in [1.29, 1.82) is 0 Å². The molecule has 27 heavy (non-hydrogen) atoms. The molecule has 1 N–H and O–H groups in total. The predicted molar refractivity (Wildman–Crippen MR) is 97.8 cm³/mol. The summed E-state index contributed by atoms with van der Waals surface area (Å²) >= 11 is 0. The van der Waals surface area contributed by atoms with E-state index in [1.165, 1.54) is 42.4 Å². The van der Waals surface area contributed by atoms with Crippen LogP contribution in [0.25, 0.3) is 0 Å². The number of rotatable bonds is 10. The second-order valence-electron chi connectivity index (χ2n) is 5.69. The molecule has 1 amide bonds. The molecule has 0 saturated carbocycles. The normalized spacial score (nSPS) is 10.9. The third-order valence-electron chi connectivity index (χ3n) is 3.74. The molecule has 0 aliphatic rings. The van der Waals surface area contributed by atoms with Crippen molar-refractivity contribution in [2.75, 3.05) is 26.7 Å². The third-order valence-corrected chi connectivity index (χ3v) is 3.74. The first-order valence-corrected chi connectivity index (χ1v) is 8.34. The Hall–Kier alpha value is -3.23. The van der Waals surface area contributed by atoms with E-state index in [9.17, 15) is 24.5 Å². The van der Waals surface area contributed by atoms with E-state index in [4.69, 9.17) is 0 Å². The summed E-state index contributed by atoms with van der Waals surface area (Å²) in [6.07, 6.45) is 1.17. The summed E-state index contributed by atoms with van der Waals surface area (Å²) in [5.41, 5.74) is 1.04. The zero-order valence-electron chi connectivity index (χ0n) is 15.6. The Morgan fingerprint density at radius 1 is 1.26 bits per heavy atom. The second kappa shape index (κ2) is 10.7. The lowest BCUT2D eigenvalue weighted by molar-refractivity contribution is -0.384. The molecule has 0 saturated heterocycles. The van der Waals surface area contributed by atoms with Gasteiger partial charge < -0.3 is 15.0 Å². The van der Waals surface area contributed by atoms with E-state index in [-0.39, 0.29) is 18.7 Å². The van der Waals surface area contributed by atoms with Crippen LogP contribution < -0.4 is 5.32 Å². The maximum absolute atomic E-state index is 12.3. The lowest BCUT2D eigenvalue weighted by Gasteiger charge is -2.20. The number of hydrogen-bond donors (Lipinski definition) is 1. The lowest BCUT2D eigenvalue weighted by atomic mass is 10.1. The summed E-state index contributed by atoms with van der Waals surface area (Å²) < 4.78 is 4.51. The fourth-order valence-electron chi connectivity index (χ4n) is 2.25. The van der Waals surface area contributed by atoms with Gasteiger partial charge >= 0.3 is 5.97 Å². The Morgan fingerprint density at radius 3 is 2.41 bits per heavy atom. The fourth-order valence-corrected chi connectivity index (χ4v) is 2.25. The van der Waals surface area contributed by atoms with E-state index in [1.807, 2.05) is 0 Å². The summed E-state index contributed by atoms with van der Waals surface area (Å²) in [7, 11) is 1.28. The first-order chi connectivity index (χ1) is 12.8. The van der Waals surface area contributed by atoms with Crippen LogP contribution >= 0.6 is 0 Å². The molecule has 0 bridgehead atoms. The first-order valence-electron chi connectivity index (χ1n) is 8.34. The number of nitro groups is 1. The highest BCUT2D eigenvalue weighted by molar-refractivity contribution is 6.36. The Labute approximate surface area is 157 Å². The molecule has 0 heterocycles. The Balaban J connectivity index is 2.58. The summed E-state index contributed by atoms with van der Waals surface area (Å²) in [5.74, 6) is -1.69. The molecule has 0 unspecified atom stereocenters. The number of nitro benzene ring substituents is 1. The van der Waals surface area contributed by atoms with Gasteiger partial charge in [0.25, 0.3) is 11.6 Å². The van der Waals surface area contributed by atoms with Gasteiger partial charge in [-0.15, -0.1) is 0 Å². The zero-order chi connectivity index (χ0) is 20.4. The molecule has 0 radical (unpaired) electrons. The molecular formula is C18H23N3O6. The van der Waals surface area contributed by atoms with Crippen LogP contribution in [0.4, 0.5) is 5.69 Å². The van der Waals surface area contributed by atoms with E-state index < -0.39 is 22.6 Å². The highest BCUT2D eigenvalue weighted by atomic mass is 16.6. The topological polar surface area (TPSA) is 119 Å². The number of ketones is 1. The van der Waals surface area contributed by atoms with Crippen LogP contribution in [0.2, 0.25) is 0 Å². The van der Waals surface area contributed by atoms with Gasteiger partial charge in [0, 0.05) is 50.0 Å². The van der Waals surface area contributed by atoms with E-state index in [1.54, 1.807) is 13.8 Å². The van der Waals surface area contributed by atoms with Gasteiger partial charge in [0.05, 0.1) is 12.0 Å². The van der Waals surface area contributed by atoms with Crippen LogP contribution in [0, 0.1) is 10.1 Å². The Bertz CT molecular complexity index is 727. The highest BCUT2D eigenvalue weighted by Gasteiger charge is 2.20. The van der Waals surface area contributed by atoms with E-state index in [0.29, 0.717) is 24.4 Å². The van der Waals surface area contributed by atoms with Crippen molar-refractivity contribution in [1.82, 2.24) is 10.2 Å². The van der Waals surface area contributed by atoms with Crippen LogP contribution in [0.1, 0.15) is 19.4 Å². The van der Waals surface area contributed by atoms with Gasteiger partial charge in [-0.3, -0.25) is 19.7 Å². The van der Waals surface area contributed by atoms with Gasteiger partial charge in [-0.05, 0) is 19.4 Å². The number of likely N-dealkylation sites (N-methyl/N-ethyl adjacent to an activating group) is 1. The average molecular weight is 377 g/mol. The molecule has 0 fully saturated rings. The van der Waals surface area contributed by atoms with E-state index >= 15 is 0 Å². The molecule has 0 spiro atoms. The number of benzene rings is 1. The zero-order valence-corrected chi connectivity index (χ0v) is 15.6. The number of esters is 1. The minimum atomic E-state index is -0.618. The van der Waals surface area contributed by atoms with Crippen molar-refractivity contribution >= 4 is 23.3 Å². The Morgan fingerprint density at radius 2 is 1.89 bits per heavy atom. The highest BCUT2D eigenvalue weighted by Crippen LogP contribution is 2.12. The van der Waals surface area contributed by atoms with E-state index in [2.05, 4.69) is 10.1 Å². The van der Waals surface area contributed by atoms with Crippen molar-refractivity contribution in [3.63, 3.8) is 0 Å². The summed E-state index contributed by atoms with van der Waals surface area (Å²) in [6.45, 7) is 4.45. The minimum absolute atomic E-state index is 0.0748. The predicted octanol–water partition coefficient (Wildman–Crippen LogP) is 1.22. The summed E-state index contributed by atoms with van der Waals surface area (Å²) in [6, 6.07) is 5.51. The van der Waals surface area contributed by atoms with Crippen LogP contribution in [0.5, 0.6) is 0 Å². The number of allylic oxidation sites excluding steroid dienone is 1. The van der Waals surface area contributed by atoms with Crippen LogP contribution in [-0.2, 0) is 25.5 Å². The Kier molecular flexibility index (Phi) is 8.64. The number of methoxy groups -OCH3 is 1. The van der Waals surface area contributed by atoms with Gasteiger partial charge in [0.15, 0.2) is 0 Å². The SMILES string of the molecule is CCN(CCN/C(C)=C/C(=O)OC)C(=O)C(=O)Cc1ccc([N+](=O)[O-])cc1. The van der Waals surface area contributed by atoms with Crippen molar-refractivity contribution in [2.45, 2.75) is 20.3 Å². The molecule has 9 heteroatoms. The van der Waals surface area contributed by atoms with Crippen molar-refractivity contribution in [3.8, 4) is 0 Å². The number of amides is 1. The number of nitrogens with zero attached hydrogens (tertiary/aromatic N) is 2. The molecule has 0 atom stereocenters. The summed E-state index contributed by atoms with van der Waals surface area (Å²) in [5, 5.41) is 13.6. The molecule has 0 aromatic heterocycles. The molecular weight excluding hydrogens is 354 g/mol. The van der Waals surface area contributed by atoms with Crippen LogP contribution in [0.3, 0.4) is 0 Å². The van der Waals surface area contributed by atoms with Crippen molar-refractivity contribution in [3.05, 3.63) is 51.7 Å². The number of ether oxygens (including phenoxy) is 1.